The Balaban J connectivity index is 2.86. The molecule has 0 bridgehead atoms. The van der Waals surface area contributed by atoms with Crippen molar-refractivity contribution in [2.75, 3.05) is 0 Å². The molecule has 4 heteroatoms. The lowest BCUT2D eigenvalue weighted by Gasteiger charge is -1.93. The number of imidazole rings is 1. The van der Waals surface area contributed by atoms with E-state index in [1.807, 2.05) is 6.07 Å². The number of nitrogens with zero attached hydrogens (tertiary/aromatic N) is 3. The fraction of sp³-hybridized carbons (Fsp3) is 0. The first kappa shape index (κ1) is 7.14. The number of hydrogen-bond acceptors (Lipinski definition) is 2. The van der Waals surface area contributed by atoms with Crippen LogP contribution in [0.15, 0.2) is 24.5 Å². The fourth-order valence-corrected chi connectivity index (χ4v) is 1.20. The molecule has 0 aromatic carbocycles. The van der Waals surface area contributed by atoms with E-state index < -0.39 is 0 Å². The van der Waals surface area contributed by atoms with Crippen molar-refractivity contribution < 1.29 is 0 Å². The normalized spacial score (nSPS) is 10.0. The molecule has 0 fully saturated rings. The Hall–Kier alpha value is -1.53. The maximum Gasteiger partial charge on any atom is 0.144 e. The van der Waals surface area contributed by atoms with E-state index in [0.29, 0.717) is 10.7 Å². The topological polar surface area (TPSA) is 41.1 Å². The first-order valence-corrected chi connectivity index (χ1v) is 3.72. The number of rotatable bonds is 0. The molecule has 0 amide bonds. The molecule has 2 rings (SSSR count). The van der Waals surface area contributed by atoms with Gasteiger partial charge in [0.1, 0.15) is 17.4 Å². The summed E-state index contributed by atoms with van der Waals surface area (Å²) in [6.07, 6.45) is 3.19. The molecular weight excluding hydrogens is 174 g/mol. The third-order valence-corrected chi connectivity index (χ3v) is 1.81. The van der Waals surface area contributed by atoms with Crippen LogP contribution in [-0.2, 0) is 0 Å². The van der Waals surface area contributed by atoms with Crippen molar-refractivity contribution in [3.8, 4) is 6.07 Å². The first-order valence-electron chi connectivity index (χ1n) is 3.34. The predicted molar refractivity (Wildman–Crippen MR) is 44.9 cm³/mol. The Kier molecular flexibility index (Phi) is 1.49. The van der Waals surface area contributed by atoms with Gasteiger partial charge >= 0.3 is 0 Å². The maximum atomic E-state index is 8.66. The Bertz CT molecular complexity index is 467. The Morgan fingerprint density at radius 3 is 3.08 bits per heavy atom. The molecule has 12 heavy (non-hydrogen) atoms. The molecule has 0 aliphatic carbocycles. The maximum absolute atomic E-state index is 8.66. The van der Waals surface area contributed by atoms with Gasteiger partial charge < -0.3 is 0 Å². The number of pyridine rings is 1. The minimum absolute atomic E-state index is 0.493. The van der Waals surface area contributed by atoms with Gasteiger partial charge in [-0.25, -0.2) is 4.98 Å². The number of halogens is 1. The van der Waals surface area contributed by atoms with Gasteiger partial charge in [-0.05, 0) is 12.1 Å². The van der Waals surface area contributed by atoms with Crippen molar-refractivity contribution in [2.45, 2.75) is 0 Å². The zero-order valence-electron chi connectivity index (χ0n) is 6.03. The summed E-state index contributed by atoms with van der Waals surface area (Å²) in [6, 6.07) is 5.53. The van der Waals surface area contributed by atoms with Crippen LogP contribution in [0.2, 0.25) is 5.02 Å². The summed E-state index contributed by atoms with van der Waals surface area (Å²) in [5.74, 6) is 0. The molecule has 2 aromatic heterocycles. The quantitative estimate of drug-likeness (QED) is 0.616. The van der Waals surface area contributed by atoms with Crippen molar-refractivity contribution >= 4 is 17.2 Å². The van der Waals surface area contributed by atoms with Crippen LogP contribution in [0, 0.1) is 11.3 Å². The van der Waals surface area contributed by atoms with Crippen LogP contribution in [-0.4, -0.2) is 9.38 Å². The fourth-order valence-electron chi connectivity index (χ4n) is 1.04. The number of fused-ring (bicyclic) bond motifs is 1. The molecule has 0 radical (unpaired) electrons. The van der Waals surface area contributed by atoms with E-state index in [1.165, 1.54) is 6.20 Å². The molecule has 0 aliphatic rings. The lowest BCUT2D eigenvalue weighted by Crippen LogP contribution is -1.86. The highest BCUT2D eigenvalue weighted by molar-refractivity contribution is 6.30. The number of nitriles is 1. The van der Waals surface area contributed by atoms with Crippen LogP contribution in [0.4, 0.5) is 0 Å². The molecule has 0 atom stereocenters. The average molecular weight is 178 g/mol. The monoisotopic (exact) mass is 177 g/mol. The molecule has 0 aliphatic heterocycles. The Labute approximate surface area is 73.8 Å². The second-order valence-electron chi connectivity index (χ2n) is 2.33. The van der Waals surface area contributed by atoms with Gasteiger partial charge in [-0.2, -0.15) is 5.26 Å². The molecule has 2 aromatic rings. The molecule has 0 saturated heterocycles. The summed E-state index contributed by atoms with van der Waals surface area (Å²) < 4.78 is 1.66. The molecule has 0 unspecified atom stereocenters. The first-order chi connectivity index (χ1) is 5.81. The van der Waals surface area contributed by atoms with E-state index in [9.17, 15) is 0 Å². The largest absolute Gasteiger partial charge is 0.290 e. The van der Waals surface area contributed by atoms with Crippen LogP contribution in [0.25, 0.3) is 5.65 Å². The molecule has 3 nitrogen and oxygen atoms in total. The molecule has 2 heterocycles. The average Bonchev–Trinajstić information content (AvgIpc) is 2.46. The highest BCUT2D eigenvalue weighted by Crippen LogP contribution is 2.11. The zero-order valence-corrected chi connectivity index (χ0v) is 6.78. The van der Waals surface area contributed by atoms with Crippen LogP contribution in [0.1, 0.15) is 5.69 Å². The lowest BCUT2D eigenvalue weighted by molar-refractivity contribution is 1.15. The summed E-state index contributed by atoms with van der Waals surface area (Å²) >= 11 is 5.75. The minimum Gasteiger partial charge on any atom is -0.290 e. The molecular formula is C8H4ClN3. The summed E-state index contributed by atoms with van der Waals surface area (Å²) in [4.78, 5) is 4.01. The van der Waals surface area contributed by atoms with Gasteiger partial charge in [-0.1, -0.05) is 11.6 Å². The highest BCUT2D eigenvalue weighted by Gasteiger charge is 2.00. The third-order valence-electron chi connectivity index (χ3n) is 1.58. The van der Waals surface area contributed by atoms with Gasteiger partial charge in [-0.15, -0.1) is 0 Å². The van der Waals surface area contributed by atoms with E-state index in [0.717, 1.165) is 5.65 Å². The molecule has 0 N–H and O–H groups in total. The number of hydrogen-bond donors (Lipinski definition) is 0. The second kappa shape index (κ2) is 2.50. The number of aromatic nitrogens is 2. The summed E-state index contributed by atoms with van der Waals surface area (Å²) in [7, 11) is 0. The van der Waals surface area contributed by atoms with Crippen molar-refractivity contribution in [2.24, 2.45) is 0 Å². The van der Waals surface area contributed by atoms with Crippen molar-refractivity contribution in [3.63, 3.8) is 0 Å². The van der Waals surface area contributed by atoms with Crippen LogP contribution >= 0.6 is 11.6 Å². The van der Waals surface area contributed by atoms with E-state index >= 15 is 0 Å². The standard InChI is InChI=1S/C8H4ClN3/c9-6-1-2-8-11-4-7(3-10)12(8)5-6/h1-2,4-5H. The van der Waals surface area contributed by atoms with E-state index in [1.54, 1.807) is 22.7 Å². The van der Waals surface area contributed by atoms with Crippen LogP contribution < -0.4 is 0 Å². The van der Waals surface area contributed by atoms with Gasteiger partial charge in [0.2, 0.25) is 0 Å². The van der Waals surface area contributed by atoms with Crippen LogP contribution in [0.5, 0.6) is 0 Å². The van der Waals surface area contributed by atoms with Crippen molar-refractivity contribution in [1.29, 1.82) is 5.26 Å². The third kappa shape index (κ3) is 0.936. The van der Waals surface area contributed by atoms with Gasteiger partial charge in [0.15, 0.2) is 0 Å². The zero-order chi connectivity index (χ0) is 8.55. The summed E-state index contributed by atoms with van der Waals surface area (Å²) in [6.45, 7) is 0. The highest BCUT2D eigenvalue weighted by atomic mass is 35.5. The molecule has 0 saturated carbocycles. The summed E-state index contributed by atoms with van der Waals surface area (Å²) in [5.41, 5.74) is 1.23. The van der Waals surface area contributed by atoms with E-state index in [4.69, 9.17) is 16.9 Å². The van der Waals surface area contributed by atoms with Crippen molar-refractivity contribution in [1.82, 2.24) is 9.38 Å². The van der Waals surface area contributed by atoms with E-state index in [-0.39, 0.29) is 0 Å². The Morgan fingerprint density at radius 2 is 2.33 bits per heavy atom. The smallest absolute Gasteiger partial charge is 0.144 e. The van der Waals surface area contributed by atoms with E-state index in [2.05, 4.69) is 4.98 Å². The van der Waals surface area contributed by atoms with Gasteiger partial charge in [0, 0.05) is 6.20 Å². The lowest BCUT2D eigenvalue weighted by atomic mass is 10.4. The second-order valence-corrected chi connectivity index (χ2v) is 2.77. The van der Waals surface area contributed by atoms with Gasteiger partial charge in [0.05, 0.1) is 11.2 Å². The van der Waals surface area contributed by atoms with Crippen molar-refractivity contribution in [3.05, 3.63) is 35.2 Å². The predicted octanol–water partition coefficient (Wildman–Crippen LogP) is 1.86. The molecule has 58 valence electrons. The minimum atomic E-state index is 0.493. The van der Waals surface area contributed by atoms with Gasteiger partial charge in [-0.3, -0.25) is 4.40 Å². The summed E-state index contributed by atoms with van der Waals surface area (Å²) in [5, 5.41) is 9.26. The van der Waals surface area contributed by atoms with Crippen LogP contribution in [0.3, 0.4) is 0 Å². The Morgan fingerprint density at radius 1 is 1.50 bits per heavy atom. The molecule has 0 spiro atoms. The van der Waals surface area contributed by atoms with Gasteiger partial charge in [0.25, 0.3) is 0 Å². The SMILES string of the molecule is N#Cc1cnc2ccc(Cl)cn12.